The summed E-state index contributed by atoms with van der Waals surface area (Å²) >= 11 is 0. The van der Waals surface area contributed by atoms with Gasteiger partial charge in [0.25, 0.3) is 16.1 Å². The van der Waals surface area contributed by atoms with Gasteiger partial charge in [0.05, 0.1) is 5.56 Å². The lowest BCUT2D eigenvalue weighted by Gasteiger charge is -2.33. The van der Waals surface area contributed by atoms with Crippen LogP contribution in [0, 0.1) is 0 Å². The summed E-state index contributed by atoms with van der Waals surface area (Å²) in [5.74, 6) is -0.188. The van der Waals surface area contributed by atoms with Crippen molar-refractivity contribution in [3.8, 4) is 0 Å². The van der Waals surface area contributed by atoms with Gasteiger partial charge >= 0.3 is 0 Å². The third-order valence-electron chi connectivity index (χ3n) is 3.08. The van der Waals surface area contributed by atoms with E-state index in [4.69, 9.17) is 10.9 Å². The van der Waals surface area contributed by atoms with Crippen LogP contribution < -0.4 is 10.9 Å². The number of hydrogen-bond acceptors (Lipinski definition) is 4. The number of hydrogen-bond donors (Lipinski definition) is 2. The van der Waals surface area contributed by atoms with Gasteiger partial charge in [-0.3, -0.25) is 4.79 Å². The normalized spacial score (nSPS) is 16.6. The molecule has 1 heterocycles. The molecule has 1 fully saturated rings. The SMILES string of the molecule is Cl.Nc1ccccc1C(=O)N1CCN(S(N)(=O)=O)CC1. The predicted octanol–water partition coefficient (Wildman–Crippen LogP) is -0.348. The zero-order valence-electron chi connectivity index (χ0n) is 10.7. The molecule has 2 rings (SSSR count). The highest BCUT2D eigenvalue weighted by atomic mass is 35.5. The smallest absolute Gasteiger partial charge is 0.277 e. The highest BCUT2D eigenvalue weighted by Gasteiger charge is 2.27. The molecule has 1 aliphatic rings. The van der Waals surface area contributed by atoms with Crippen LogP contribution in [0.4, 0.5) is 5.69 Å². The molecule has 0 atom stereocenters. The summed E-state index contributed by atoms with van der Waals surface area (Å²) in [5, 5.41) is 5.04. The van der Waals surface area contributed by atoms with Crippen LogP contribution in [0.5, 0.6) is 0 Å². The monoisotopic (exact) mass is 320 g/mol. The van der Waals surface area contributed by atoms with Gasteiger partial charge in [0, 0.05) is 31.9 Å². The number of anilines is 1. The second-order valence-corrected chi connectivity index (χ2v) is 5.87. The van der Waals surface area contributed by atoms with E-state index in [1.165, 1.54) is 0 Å². The van der Waals surface area contributed by atoms with Crippen molar-refractivity contribution >= 4 is 34.2 Å². The molecule has 4 N–H and O–H groups in total. The lowest BCUT2D eigenvalue weighted by molar-refractivity contribution is 0.0699. The van der Waals surface area contributed by atoms with E-state index < -0.39 is 10.2 Å². The Hall–Kier alpha value is -1.35. The molecule has 0 bridgehead atoms. The molecule has 0 unspecified atom stereocenters. The minimum absolute atomic E-state index is 0. The molecule has 0 saturated carbocycles. The average molecular weight is 321 g/mol. The van der Waals surface area contributed by atoms with Crippen molar-refractivity contribution < 1.29 is 13.2 Å². The minimum atomic E-state index is -3.68. The highest BCUT2D eigenvalue weighted by molar-refractivity contribution is 7.86. The first-order chi connectivity index (χ1) is 8.89. The van der Waals surface area contributed by atoms with Crippen molar-refractivity contribution in [2.45, 2.75) is 0 Å². The minimum Gasteiger partial charge on any atom is -0.398 e. The Balaban J connectivity index is 0.00000200. The van der Waals surface area contributed by atoms with Crippen LogP contribution >= 0.6 is 12.4 Å². The summed E-state index contributed by atoms with van der Waals surface area (Å²) in [5.41, 5.74) is 6.61. The van der Waals surface area contributed by atoms with E-state index in [0.29, 0.717) is 24.3 Å². The number of benzene rings is 1. The van der Waals surface area contributed by atoms with Gasteiger partial charge in [0.15, 0.2) is 0 Å². The molecule has 0 aliphatic carbocycles. The molecular formula is C11H17ClN4O3S. The van der Waals surface area contributed by atoms with Gasteiger partial charge in [-0.25, -0.2) is 5.14 Å². The quantitative estimate of drug-likeness (QED) is 0.726. The maximum Gasteiger partial charge on any atom is 0.277 e. The van der Waals surface area contributed by atoms with Crippen LogP contribution in [0.25, 0.3) is 0 Å². The molecule has 1 saturated heterocycles. The van der Waals surface area contributed by atoms with E-state index in [0.717, 1.165) is 4.31 Å². The molecule has 20 heavy (non-hydrogen) atoms. The zero-order valence-corrected chi connectivity index (χ0v) is 12.4. The Labute approximate surface area is 124 Å². The van der Waals surface area contributed by atoms with Crippen LogP contribution in [0.1, 0.15) is 10.4 Å². The van der Waals surface area contributed by atoms with Crippen molar-refractivity contribution in [1.82, 2.24) is 9.21 Å². The fourth-order valence-corrected chi connectivity index (χ4v) is 2.68. The Morgan fingerprint density at radius 2 is 1.65 bits per heavy atom. The molecule has 1 aromatic carbocycles. The molecule has 1 aromatic rings. The second kappa shape index (κ2) is 6.40. The van der Waals surface area contributed by atoms with E-state index >= 15 is 0 Å². The van der Waals surface area contributed by atoms with E-state index in [2.05, 4.69) is 0 Å². The van der Waals surface area contributed by atoms with Crippen molar-refractivity contribution in [2.75, 3.05) is 31.9 Å². The largest absolute Gasteiger partial charge is 0.398 e. The number of piperazine rings is 1. The number of amides is 1. The number of carbonyl (C=O) groups is 1. The van der Waals surface area contributed by atoms with E-state index in [1.807, 2.05) is 0 Å². The summed E-state index contributed by atoms with van der Waals surface area (Å²) in [4.78, 5) is 13.8. The number of para-hydroxylation sites is 1. The maximum absolute atomic E-state index is 12.2. The first-order valence-corrected chi connectivity index (χ1v) is 7.31. The summed E-state index contributed by atoms with van der Waals surface area (Å²) in [7, 11) is -3.68. The summed E-state index contributed by atoms with van der Waals surface area (Å²) in [6, 6.07) is 6.81. The van der Waals surface area contributed by atoms with Crippen LogP contribution in [0.15, 0.2) is 24.3 Å². The number of rotatable bonds is 2. The van der Waals surface area contributed by atoms with Gasteiger partial charge in [-0.2, -0.15) is 12.7 Å². The molecule has 1 aliphatic heterocycles. The number of nitrogens with zero attached hydrogens (tertiary/aromatic N) is 2. The Morgan fingerprint density at radius 3 is 2.15 bits per heavy atom. The van der Waals surface area contributed by atoms with Gasteiger partial charge in [-0.15, -0.1) is 12.4 Å². The fraction of sp³-hybridized carbons (Fsp3) is 0.364. The first kappa shape index (κ1) is 16.7. The first-order valence-electron chi connectivity index (χ1n) is 5.81. The summed E-state index contributed by atoms with van der Waals surface area (Å²) < 4.78 is 23.5. The number of halogens is 1. The van der Waals surface area contributed by atoms with Gasteiger partial charge in [0.1, 0.15) is 0 Å². The topological polar surface area (TPSA) is 110 Å². The Kier molecular flexibility index (Phi) is 5.35. The van der Waals surface area contributed by atoms with Crippen LogP contribution in [0.3, 0.4) is 0 Å². The van der Waals surface area contributed by atoms with Crippen molar-refractivity contribution in [2.24, 2.45) is 5.14 Å². The zero-order chi connectivity index (χ0) is 14.0. The van der Waals surface area contributed by atoms with Gasteiger partial charge in [-0.1, -0.05) is 12.1 Å². The Bertz CT molecular complexity index is 585. The molecule has 9 heteroatoms. The number of nitrogens with two attached hydrogens (primary N) is 2. The van der Waals surface area contributed by atoms with Gasteiger partial charge < -0.3 is 10.6 Å². The summed E-state index contributed by atoms with van der Waals surface area (Å²) in [6.07, 6.45) is 0. The molecule has 7 nitrogen and oxygen atoms in total. The third-order valence-corrected chi connectivity index (χ3v) is 4.16. The Morgan fingerprint density at radius 1 is 1.10 bits per heavy atom. The number of nitrogen functional groups attached to an aromatic ring is 1. The fourth-order valence-electron chi connectivity index (χ4n) is 2.01. The average Bonchev–Trinajstić information content (AvgIpc) is 2.38. The van der Waals surface area contributed by atoms with Crippen LogP contribution in [-0.4, -0.2) is 49.7 Å². The second-order valence-electron chi connectivity index (χ2n) is 4.32. The standard InChI is InChI=1S/C11H16N4O3S.ClH/c12-10-4-2-1-3-9(10)11(16)14-5-7-15(8-6-14)19(13,17)18;/h1-4H,5-8,12H2,(H2,13,17,18);1H. The third kappa shape index (κ3) is 3.60. The molecule has 1 amide bonds. The molecule has 112 valence electrons. The highest BCUT2D eigenvalue weighted by Crippen LogP contribution is 2.15. The van der Waals surface area contributed by atoms with E-state index in [9.17, 15) is 13.2 Å². The predicted molar refractivity (Wildman–Crippen MR) is 78.7 cm³/mol. The van der Waals surface area contributed by atoms with Crippen molar-refractivity contribution in [1.29, 1.82) is 0 Å². The van der Waals surface area contributed by atoms with Crippen LogP contribution in [-0.2, 0) is 10.2 Å². The van der Waals surface area contributed by atoms with Crippen LogP contribution in [0.2, 0.25) is 0 Å². The lowest BCUT2D eigenvalue weighted by Crippen LogP contribution is -2.52. The molecule has 0 radical (unpaired) electrons. The lowest BCUT2D eigenvalue weighted by atomic mass is 10.1. The van der Waals surface area contributed by atoms with E-state index in [1.54, 1.807) is 29.2 Å². The molecular weight excluding hydrogens is 304 g/mol. The van der Waals surface area contributed by atoms with Crippen molar-refractivity contribution in [3.05, 3.63) is 29.8 Å². The summed E-state index contributed by atoms with van der Waals surface area (Å²) in [6.45, 7) is 1.03. The maximum atomic E-state index is 12.2. The van der Waals surface area contributed by atoms with E-state index in [-0.39, 0.29) is 31.4 Å². The van der Waals surface area contributed by atoms with Gasteiger partial charge in [0.2, 0.25) is 0 Å². The van der Waals surface area contributed by atoms with Crippen molar-refractivity contribution in [3.63, 3.8) is 0 Å². The number of carbonyl (C=O) groups excluding carboxylic acids is 1. The van der Waals surface area contributed by atoms with Gasteiger partial charge in [-0.05, 0) is 12.1 Å². The molecule has 0 spiro atoms. The molecule has 0 aromatic heterocycles.